The van der Waals surface area contributed by atoms with E-state index in [0.717, 1.165) is 45.9 Å². The van der Waals surface area contributed by atoms with Crippen LogP contribution in [-0.4, -0.2) is 89.5 Å². The third-order valence-electron chi connectivity index (χ3n) is 3.18. The van der Waals surface area contributed by atoms with Gasteiger partial charge in [-0.25, -0.2) is 4.99 Å². The number of rotatable bonds is 9. The number of nitrogens with one attached hydrogen (secondary N) is 3. The molecule has 0 unspecified atom stereocenters. The largest absolute Gasteiger partial charge is 0.383 e. The molecule has 136 valence electrons. The van der Waals surface area contributed by atoms with Crippen LogP contribution in [0.25, 0.3) is 0 Å². The van der Waals surface area contributed by atoms with E-state index in [1.165, 1.54) is 0 Å². The number of nitrogens with zero attached hydrogens (tertiary/aromatic N) is 2. The summed E-state index contributed by atoms with van der Waals surface area (Å²) in [7, 11) is 1.60. The average Bonchev–Trinajstić information content (AvgIpc) is 2.54. The van der Waals surface area contributed by atoms with Gasteiger partial charge in [0.15, 0.2) is 5.96 Å². The average molecular weight is 443 g/mol. The number of morpholine rings is 1. The molecule has 0 bridgehead atoms. The Balaban J connectivity index is 0.00000484. The van der Waals surface area contributed by atoms with Crippen LogP contribution in [0.3, 0.4) is 0 Å². The molecule has 0 atom stereocenters. The topological polar surface area (TPSA) is 87.2 Å². The second-order valence-electron chi connectivity index (χ2n) is 4.92. The Labute approximate surface area is 155 Å². The van der Waals surface area contributed by atoms with Crippen molar-refractivity contribution in [2.24, 2.45) is 4.99 Å². The lowest BCUT2D eigenvalue weighted by Gasteiger charge is -2.26. The van der Waals surface area contributed by atoms with Gasteiger partial charge in [0, 0.05) is 46.4 Å². The first kappa shape index (κ1) is 22.4. The molecular formula is C14H30IN5O3. The standard InChI is InChI=1S/C14H29N5O3.HI/c1-3-15-14(18-12-13(20)16-5-9-21-2)17-4-6-19-7-10-22-11-8-19;/h3-12H2,1-2H3,(H,16,20)(H2,15,17,18);1H. The van der Waals surface area contributed by atoms with E-state index in [4.69, 9.17) is 9.47 Å². The Hall–Kier alpha value is -0.650. The van der Waals surface area contributed by atoms with Crippen LogP contribution in [0, 0.1) is 0 Å². The van der Waals surface area contributed by atoms with Gasteiger partial charge in [-0.2, -0.15) is 0 Å². The summed E-state index contributed by atoms with van der Waals surface area (Å²) >= 11 is 0. The van der Waals surface area contributed by atoms with Crippen molar-refractivity contribution in [3.05, 3.63) is 0 Å². The molecule has 9 heteroatoms. The fourth-order valence-electron chi connectivity index (χ4n) is 2.00. The summed E-state index contributed by atoms with van der Waals surface area (Å²) in [5.41, 5.74) is 0. The summed E-state index contributed by atoms with van der Waals surface area (Å²) < 4.78 is 10.2. The molecule has 1 amide bonds. The highest BCUT2D eigenvalue weighted by Gasteiger charge is 2.09. The molecule has 0 radical (unpaired) electrons. The first-order valence-corrected chi connectivity index (χ1v) is 7.84. The molecular weight excluding hydrogens is 413 g/mol. The minimum absolute atomic E-state index is 0. The Morgan fingerprint density at radius 1 is 1.22 bits per heavy atom. The quantitative estimate of drug-likeness (QED) is 0.188. The highest BCUT2D eigenvalue weighted by atomic mass is 127. The van der Waals surface area contributed by atoms with E-state index in [0.29, 0.717) is 19.1 Å². The van der Waals surface area contributed by atoms with Crippen LogP contribution >= 0.6 is 24.0 Å². The number of carbonyl (C=O) groups is 1. The Kier molecular flexibility index (Phi) is 14.5. The van der Waals surface area contributed by atoms with Gasteiger partial charge in [0.1, 0.15) is 6.54 Å². The maximum absolute atomic E-state index is 11.6. The van der Waals surface area contributed by atoms with Crippen molar-refractivity contribution in [2.45, 2.75) is 6.92 Å². The van der Waals surface area contributed by atoms with Crippen molar-refractivity contribution >= 4 is 35.8 Å². The van der Waals surface area contributed by atoms with Crippen molar-refractivity contribution in [2.75, 3.05) is 72.7 Å². The summed E-state index contributed by atoms with van der Waals surface area (Å²) in [4.78, 5) is 18.2. The number of hydrogen-bond acceptors (Lipinski definition) is 5. The van der Waals surface area contributed by atoms with Gasteiger partial charge in [-0.3, -0.25) is 9.69 Å². The molecule has 0 aromatic carbocycles. The summed E-state index contributed by atoms with van der Waals surface area (Å²) in [6, 6.07) is 0. The molecule has 1 rings (SSSR count). The number of aliphatic imine (C=N–C) groups is 1. The van der Waals surface area contributed by atoms with Gasteiger partial charge < -0.3 is 25.4 Å². The number of guanidine groups is 1. The molecule has 0 aliphatic carbocycles. The monoisotopic (exact) mass is 443 g/mol. The predicted molar refractivity (Wildman–Crippen MR) is 102 cm³/mol. The van der Waals surface area contributed by atoms with Gasteiger partial charge >= 0.3 is 0 Å². The van der Waals surface area contributed by atoms with Crippen molar-refractivity contribution in [1.29, 1.82) is 0 Å². The second kappa shape index (κ2) is 14.9. The number of halogens is 1. The molecule has 0 aromatic heterocycles. The molecule has 0 aromatic rings. The fraction of sp³-hybridized carbons (Fsp3) is 0.857. The van der Waals surface area contributed by atoms with Crippen LogP contribution in [0.15, 0.2) is 4.99 Å². The van der Waals surface area contributed by atoms with Gasteiger partial charge in [0.05, 0.1) is 19.8 Å². The lowest BCUT2D eigenvalue weighted by molar-refractivity contribution is -0.119. The molecule has 0 spiro atoms. The van der Waals surface area contributed by atoms with Crippen molar-refractivity contribution in [3.63, 3.8) is 0 Å². The predicted octanol–water partition coefficient (Wildman–Crippen LogP) is -0.746. The van der Waals surface area contributed by atoms with E-state index in [2.05, 4.69) is 25.8 Å². The zero-order chi connectivity index (χ0) is 16.0. The molecule has 0 saturated carbocycles. The number of hydrogen-bond donors (Lipinski definition) is 3. The maximum atomic E-state index is 11.6. The summed E-state index contributed by atoms with van der Waals surface area (Å²) in [5.74, 6) is 0.556. The molecule has 1 fully saturated rings. The van der Waals surface area contributed by atoms with Crippen LogP contribution in [0.2, 0.25) is 0 Å². The van der Waals surface area contributed by atoms with E-state index in [9.17, 15) is 4.79 Å². The van der Waals surface area contributed by atoms with Gasteiger partial charge in [-0.15, -0.1) is 24.0 Å². The molecule has 3 N–H and O–H groups in total. The third-order valence-corrected chi connectivity index (χ3v) is 3.18. The summed E-state index contributed by atoms with van der Waals surface area (Å²) in [6.07, 6.45) is 0. The van der Waals surface area contributed by atoms with Gasteiger partial charge in [-0.1, -0.05) is 0 Å². The van der Waals surface area contributed by atoms with E-state index < -0.39 is 0 Å². The van der Waals surface area contributed by atoms with Gasteiger partial charge in [0.25, 0.3) is 0 Å². The Morgan fingerprint density at radius 3 is 2.61 bits per heavy atom. The molecule has 1 aliphatic rings. The molecule has 1 saturated heterocycles. The van der Waals surface area contributed by atoms with Crippen LogP contribution in [0.1, 0.15) is 6.92 Å². The Morgan fingerprint density at radius 2 is 1.96 bits per heavy atom. The lowest BCUT2D eigenvalue weighted by atomic mass is 10.4. The summed E-state index contributed by atoms with van der Waals surface area (Å²) in [6.45, 7) is 9.15. The zero-order valence-electron chi connectivity index (χ0n) is 14.1. The van der Waals surface area contributed by atoms with Crippen LogP contribution in [-0.2, 0) is 14.3 Å². The highest BCUT2D eigenvalue weighted by molar-refractivity contribution is 14.0. The highest BCUT2D eigenvalue weighted by Crippen LogP contribution is 1.94. The number of ether oxygens (including phenoxy) is 2. The van der Waals surface area contributed by atoms with Crippen LogP contribution < -0.4 is 16.0 Å². The van der Waals surface area contributed by atoms with Crippen molar-refractivity contribution in [1.82, 2.24) is 20.9 Å². The normalized spacial score (nSPS) is 15.7. The van der Waals surface area contributed by atoms with E-state index >= 15 is 0 Å². The molecule has 1 aliphatic heterocycles. The van der Waals surface area contributed by atoms with Crippen molar-refractivity contribution < 1.29 is 14.3 Å². The smallest absolute Gasteiger partial charge is 0.241 e. The minimum Gasteiger partial charge on any atom is -0.383 e. The number of amides is 1. The maximum Gasteiger partial charge on any atom is 0.241 e. The fourth-order valence-corrected chi connectivity index (χ4v) is 2.00. The molecule has 8 nitrogen and oxygen atoms in total. The van der Waals surface area contributed by atoms with E-state index in [1.807, 2.05) is 6.92 Å². The SMILES string of the molecule is CCNC(=NCC(=O)NCCOC)NCCN1CCOCC1.I. The first-order valence-electron chi connectivity index (χ1n) is 7.84. The van der Waals surface area contributed by atoms with Crippen molar-refractivity contribution in [3.8, 4) is 0 Å². The first-order chi connectivity index (χ1) is 10.8. The second-order valence-corrected chi connectivity index (χ2v) is 4.92. The third kappa shape index (κ3) is 11.5. The lowest BCUT2D eigenvalue weighted by Crippen LogP contribution is -2.44. The van der Waals surface area contributed by atoms with E-state index in [-0.39, 0.29) is 36.4 Å². The zero-order valence-corrected chi connectivity index (χ0v) is 16.4. The molecule has 1 heterocycles. The van der Waals surface area contributed by atoms with E-state index in [1.54, 1.807) is 7.11 Å². The summed E-state index contributed by atoms with van der Waals surface area (Å²) in [5, 5.41) is 9.12. The van der Waals surface area contributed by atoms with Gasteiger partial charge in [-0.05, 0) is 6.92 Å². The Bertz CT molecular complexity index is 338. The van der Waals surface area contributed by atoms with Gasteiger partial charge in [0.2, 0.25) is 5.91 Å². The number of carbonyl (C=O) groups excluding carboxylic acids is 1. The van der Waals surface area contributed by atoms with Crippen LogP contribution in [0.4, 0.5) is 0 Å². The molecule has 23 heavy (non-hydrogen) atoms. The number of methoxy groups -OCH3 is 1. The minimum atomic E-state index is -0.109. The van der Waals surface area contributed by atoms with Crippen LogP contribution in [0.5, 0.6) is 0 Å².